The van der Waals surface area contributed by atoms with Crippen molar-refractivity contribution < 1.29 is 23.4 Å². The molecule has 0 spiro atoms. The van der Waals surface area contributed by atoms with Crippen LogP contribution in [0.5, 0.6) is 5.75 Å². The zero-order chi connectivity index (χ0) is 16.5. The Labute approximate surface area is 136 Å². The summed E-state index contributed by atoms with van der Waals surface area (Å²) in [5.74, 6) is 0.0323. The number of hydrogen-bond acceptors (Lipinski definition) is 4. The average Bonchev–Trinajstić information content (AvgIpc) is 2.58. The van der Waals surface area contributed by atoms with E-state index in [0.29, 0.717) is 38.8 Å². The fraction of sp³-hybridized carbons (Fsp3) is 0.588. The van der Waals surface area contributed by atoms with Crippen molar-refractivity contribution in [2.45, 2.75) is 12.8 Å². The van der Waals surface area contributed by atoms with Crippen LogP contribution in [0.3, 0.4) is 0 Å². The first-order valence-electron chi connectivity index (χ1n) is 7.92. The molecule has 0 bridgehead atoms. The number of likely N-dealkylation sites (tertiary alicyclic amines) is 1. The van der Waals surface area contributed by atoms with E-state index in [0.717, 1.165) is 12.8 Å². The van der Waals surface area contributed by atoms with Gasteiger partial charge in [-0.25, -0.2) is 4.39 Å². The topological polar surface area (TPSA) is 48.0 Å². The molecule has 0 saturated carbocycles. The van der Waals surface area contributed by atoms with E-state index in [1.807, 2.05) is 0 Å². The van der Waals surface area contributed by atoms with Gasteiger partial charge >= 0.3 is 0 Å². The van der Waals surface area contributed by atoms with Gasteiger partial charge in [0.05, 0.1) is 13.2 Å². The molecule has 0 radical (unpaired) electrons. The van der Waals surface area contributed by atoms with Crippen molar-refractivity contribution in [3.63, 3.8) is 0 Å². The Hall–Kier alpha value is -1.66. The predicted molar refractivity (Wildman–Crippen MR) is 83.9 cm³/mol. The zero-order valence-corrected chi connectivity index (χ0v) is 13.5. The van der Waals surface area contributed by atoms with Gasteiger partial charge in [-0.05, 0) is 30.9 Å². The molecule has 128 valence electrons. The van der Waals surface area contributed by atoms with Crippen molar-refractivity contribution in [2.24, 2.45) is 5.92 Å². The van der Waals surface area contributed by atoms with Gasteiger partial charge in [0.2, 0.25) is 0 Å². The van der Waals surface area contributed by atoms with Crippen LogP contribution in [-0.2, 0) is 14.3 Å². The van der Waals surface area contributed by atoms with Crippen LogP contribution in [-0.4, -0.2) is 57.4 Å². The van der Waals surface area contributed by atoms with Crippen LogP contribution in [0.15, 0.2) is 24.3 Å². The molecule has 0 unspecified atom stereocenters. The van der Waals surface area contributed by atoms with Gasteiger partial charge in [0.25, 0.3) is 5.91 Å². The molecule has 5 nitrogen and oxygen atoms in total. The van der Waals surface area contributed by atoms with Gasteiger partial charge in [0.15, 0.2) is 18.2 Å². The summed E-state index contributed by atoms with van der Waals surface area (Å²) in [7, 11) is 1.65. The first-order chi connectivity index (χ1) is 11.2. The number of rotatable bonds is 8. The number of benzene rings is 1. The lowest BCUT2D eigenvalue weighted by molar-refractivity contribution is -0.135. The summed E-state index contributed by atoms with van der Waals surface area (Å²) < 4.78 is 29.2. The number of carbonyl (C=O) groups is 1. The largest absolute Gasteiger partial charge is 0.481 e. The summed E-state index contributed by atoms with van der Waals surface area (Å²) in [5, 5.41) is 0. The average molecular weight is 325 g/mol. The molecule has 1 aliphatic heterocycles. The van der Waals surface area contributed by atoms with E-state index in [1.54, 1.807) is 24.1 Å². The smallest absolute Gasteiger partial charge is 0.260 e. The molecule has 1 amide bonds. The Bertz CT molecular complexity index is 489. The van der Waals surface area contributed by atoms with E-state index >= 15 is 0 Å². The van der Waals surface area contributed by atoms with Gasteiger partial charge < -0.3 is 19.1 Å². The number of methoxy groups -OCH3 is 1. The third-order valence-electron chi connectivity index (χ3n) is 3.94. The van der Waals surface area contributed by atoms with Crippen molar-refractivity contribution in [3.8, 4) is 5.75 Å². The molecule has 1 aliphatic rings. The third kappa shape index (κ3) is 5.80. The summed E-state index contributed by atoms with van der Waals surface area (Å²) in [5.41, 5.74) is 0. The molecule has 0 aromatic heterocycles. The highest BCUT2D eigenvalue weighted by atomic mass is 19.1. The molecule has 1 heterocycles. The van der Waals surface area contributed by atoms with Crippen molar-refractivity contribution in [3.05, 3.63) is 30.1 Å². The Kier molecular flexibility index (Phi) is 7.29. The molecule has 0 N–H and O–H groups in total. The van der Waals surface area contributed by atoms with Crippen LogP contribution in [0.4, 0.5) is 4.39 Å². The molecule has 1 aromatic carbocycles. The maximum Gasteiger partial charge on any atom is 0.260 e. The maximum atomic E-state index is 13.4. The van der Waals surface area contributed by atoms with Gasteiger partial charge in [-0.1, -0.05) is 12.1 Å². The Balaban J connectivity index is 1.66. The SMILES string of the molecule is COCCOCC1CCN(C(=O)COc2ccccc2F)CC1. The predicted octanol–water partition coefficient (Wildman–Crippen LogP) is 2.11. The van der Waals surface area contributed by atoms with E-state index in [4.69, 9.17) is 14.2 Å². The Morgan fingerprint density at radius 2 is 2.00 bits per heavy atom. The van der Waals surface area contributed by atoms with E-state index in [-0.39, 0.29) is 18.3 Å². The van der Waals surface area contributed by atoms with Crippen molar-refractivity contribution in [2.75, 3.05) is 46.6 Å². The molecule has 1 aromatic rings. The second kappa shape index (κ2) is 9.47. The van der Waals surface area contributed by atoms with Crippen molar-refractivity contribution in [1.82, 2.24) is 4.90 Å². The summed E-state index contributed by atoms with van der Waals surface area (Å²) in [6, 6.07) is 6.10. The van der Waals surface area contributed by atoms with Gasteiger partial charge in [0.1, 0.15) is 0 Å². The van der Waals surface area contributed by atoms with E-state index in [1.165, 1.54) is 12.1 Å². The van der Waals surface area contributed by atoms with Crippen LogP contribution < -0.4 is 4.74 Å². The highest BCUT2D eigenvalue weighted by Crippen LogP contribution is 2.19. The molecule has 1 fully saturated rings. The zero-order valence-electron chi connectivity index (χ0n) is 13.5. The van der Waals surface area contributed by atoms with Crippen LogP contribution >= 0.6 is 0 Å². The second-order valence-electron chi connectivity index (χ2n) is 5.61. The quantitative estimate of drug-likeness (QED) is 0.687. The van der Waals surface area contributed by atoms with E-state index < -0.39 is 5.82 Å². The van der Waals surface area contributed by atoms with Crippen molar-refractivity contribution in [1.29, 1.82) is 0 Å². The number of piperidine rings is 1. The van der Waals surface area contributed by atoms with Crippen LogP contribution in [0, 0.1) is 11.7 Å². The fourth-order valence-corrected chi connectivity index (χ4v) is 2.53. The number of hydrogen-bond donors (Lipinski definition) is 0. The molecule has 6 heteroatoms. The number of amides is 1. The third-order valence-corrected chi connectivity index (χ3v) is 3.94. The summed E-state index contributed by atoms with van der Waals surface area (Å²) in [6.07, 6.45) is 1.83. The highest BCUT2D eigenvalue weighted by molar-refractivity contribution is 5.77. The molecule has 2 rings (SSSR count). The minimum absolute atomic E-state index is 0.105. The van der Waals surface area contributed by atoms with Crippen LogP contribution in [0.25, 0.3) is 0 Å². The minimum atomic E-state index is -0.452. The molecular weight excluding hydrogens is 301 g/mol. The van der Waals surface area contributed by atoms with E-state index in [9.17, 15) is 9.18 Å². The molecular formula is C17H24FNO4. The lowest BCUT2D eigenvalue weighted by Gasteiger charge is -2.31. The lowest BCUT2D eigenvalue weighted by Crippen LogP contribution is -2.41. The molecule has 0 aliphatic carbocycles. The first-order valence-corrected chi connectivity index (χ1v) is 7.92. The molecule has 1 saturated heterocycles. The van der Waals surface area contributed by atoms with Gasteiger partial charge in [-0.15, -0.1) is 0 Å². The molecule has 23 heavy (non-hydrogen) atoms. The summed E-state index contributed by atoms with van der Waals surface area (Å²) in [6.45, 7) is 3.17. The lowest BCUT2D eigenvalue weighted by atomic mass is 9.98. The number of ether oxygens (including phenoxy) is 3. The number of halogens is 1. The van der Waals surface area contributed by atoms with Gasteiger partial charge in [-0.2, -0.15) is 0 Å². The Morgan fingerprint density at radius 3 is 2.70 bits per heavy atom. The van der Waals surface area contributed by atoms with Crippen molar-refractivity contribution >= 4 is 5.91 Å². The minimum Gasteiger partial charge on any atom is -0.481 e. The first kappa shape index (κ1) is 17.7. The van der Waals surface area contributed by atoms with Crippen LogP contribution in [0.1, 0.15) is 12.8 Å². The fourth-order valence-electron chi connectivity index (χ4n) is 2.53. The Morgan fingerprint density at radius 1 is 1.26 bits per heavy atom. The van der Waals surface area contributed by atoms with Gasteiger partial charge in [-0.3, -0.25) is 4.79 Å². The van der Waals surface area contributed by atoms with E-state index in [2.05, 4.69) is 0 Å². The number of para-hydroxylation sites is 1. The number of carbonyl (C=O) groups excluding carboxylic acids is 1. The number of nitrogens with zero attached hydrogens (tertiary/aromatic N) is 1. The highest BCUT2D eigenvalue weighted by Gasteiger charge is 2.23. The maximum absolute atomic E-state index is 13.4. The second-order valence-corrected chi connectivity index (χ2v) is 5.61. The van der Waals surface area contributed by atoms with Gasteiger partial charge in [0, 0.05) is 26.8 Å². The normalized spacial score (nSPS) is 15.7. The molecule has 0 atom stereocenters. The van der Waals surface area contributed by atoms with Crippen LogP contribution in [0.2, 0.25) is 0 Å². The monoisotopic (exact) mass is 325 g/mol. The standard InChI is InChI=1S/C17H24FNO4/c1-21-10-11-22-12-14-6-8-19(9-7-14)17(20)13-23-16-5-3-2-4-15(16)18/h2-5,14H,6-13H2,1H3. The summed E-state index contributed by atoms with van der Waals surface area (Å²) in [4.78, 5) is 13.9. The summed E-state index contributed by atoms with van der Waals surface area (Å²) >= 11 is 0.